The van der Waals surface area contributed by atoms with Crippen molar-refractivity contribution < 1.29 is 23.0 Å². The third-order valence-electron chi connectivity index (χ3n) is 3.67. The zero-order chi connectivity index (χ0) is 17.3. The fraction of sp³-hybridized carbons (Fsp3) is 0.111. The SMILES string of the molecule is COc1ccc2nc(-c3cc(F)c(OC)c(F)c3)cc(C=O)c2c1. The van der Waals surface area contributed by atoms with Gasteiger partial charge < -0.3 is 9.47 Å². The molecule has 0 radical (unpaired) electrons. The molecule has 3 rings (SSSR count). The molecule has 0 fully saturated rings. The maximum Gasteiger partial charge on any atom is 0.190 e. The summed E-state index contributed by atoms with van der Waals surface area (Å²) in [7, 11) is 2.71. The van der Waals surface area contributed by atoms with E-state index in [1.165, 1.54) is 20.3 Å². The minimum Gasteiger partial charge on any atom is -0.497 e. The Balaban J connectivity index is 2.22. The van der Waals surface area contributed by atoms with Crippen LogP contribution in [0.5, 0.6) is 11.5 Å². The fourth-order valence-electron chi connectivity index (χ4n) is 2.51. The van der Waals surface area contributed by atoms with Crippen molar-refractivity contribution >= 4 is 17.2 Å². The predicted molar refractivity (Wildman–Crippen MR) is 85.6 cm³/mol. The Hall–Kier alpha value is -3.02. The zero-order valence-electron chi connectivity index (χ0n) is 13.0. The maximum atomic E-state index is 13.9. The number of hydrogen-bond donors (Lipinski definition) is 0. The van der Waals surface area contributed by atoms with Gasteiger partial charge in [-0.15, -0.1) is 0 Å². The van der Waals surface area contributed by atoms with Gasteiger partial charge in [0.15, 0.2) is 23.7 Å². The Morgan fingerprint density at radius 1 is 1.00 bits per heavy atom. The van der Waals surface area contributed by atoms with E-state index in [0.717, 1.165) is 12.1 Å². The Morgan fingerprint density at radius 3 is 2.29 bits per heavy atom. The number of benzene rings is 2. The highest BCUT2D eigenvalue weighted by Gasteiger charge is 2.15. The van der Waals surface area contributed by atoms with Crippen LogP contribution in [0.2, 0.25) is 0 Å². The highest BCUT2D eigenvalue weighted by atomic mass is 19.1. The van der Waals surface area contributed by atoms with E-state index in [4.69, 9.17) is 4.74 Å². The molecule has 0 amide bonds. The molecule has 0 N–H and O–H groups in total. The van der Waals surface area contributed by atoms with E-state index in [2.05, 4.69) is 9.72 Å². The minimum atomic E-state index is -0.836. The predicted octanol–water partition coefficient (Wildman–Crippen LogP) is 4.01. The van der Waals surface area contributed by atoms with Gasteiger partial charge in [-0.1, -0.05) is 0 Å². The zero-order valence-corrected chi connectivity index (χ0v) is 13.0. The van der Waals surface area contributed by atoms with Gasteiger partial charge in [0.25, 0.3) is 0 Å². The molecule has 0 atom stereocenters. The summed E-state index contributed by atoms with van der Waals surface area (Å²) in [5, 5.41) is 0.600. The number of aromatic nitrogens is 1. The summed E-state index contributed by atoms with van der Waals surface area (Å²) in [6, 6.07) is 8.78. The molecule has 2 aromatic carbocycles. The summed E-state index contributed by atoms with van der Waals surface area (Å²) < 4.78 is 37.6. The number of fused-ring (bicyclic) bond motifs is 1. The summed E-state index contributed by atoms with van der Waals surface area (Å²) in [5.41, 5.74) is 1.37. The molecule has 0 saturated heterocycles. The van der Waals surface area contributed by atoms with Gasteiger partial charge in [-0.3, -0.25) is 4.79 Å². The lowest BCUT2D eigenvalue weighted by molar-refractivity contribution is 0.112. The molecule has 1 aromatic heterocycles. The average Bonchev–Trinajstić information content (AvgIpc) is 2.59. The summed E-state index contributed by atoms with van der Waals surface area (Å²) in [6.07, 6.45) is 0.670. The first kappa shape index (κ1) is 15.9. The highest BCUT2D eigenvalue weighted by molar-refractivity contribution is 5.98. The van der Waals surface area contributed by atoms with Gasteiger partial charge >= 0.3 is 0 Å². The van der Waals surface area contributed by atoms with Gasteiger partial charge in [-0.05, 0) is 36.4 Å². The van der Waals surface area contributed by atoms with Crippen LogP contribution in [0.4, 0.5) is 8.78 Å². The smallest absolute Gasteiger partial charge is 0.190 e. The fourth-order valence-corrected chi connectivity index (χ4v) is 2.51. The molecule has 0 aliphatic rings. The average molecular weight is 329 g/mol. The Morgan fingerprint density at radius 2 is 1.71 bits per heavy atom. The van der Waals surface area contributed by atoms with Crippen molar-refractivity contribution in [2.75, 3.05) is 14.2 Å². The molecule has 6 heteroatoms. The van der Waals surface area contributed by atoms with Crippen molar-refractivity contribution in [2.45, 2.75) is 0 Å². The van der Waals surface area contributed by atoms with Gasteiger partial charge in [0, 0.05) is 16.5 Å². The molecule has 0 spiro atoms. The molecule has 0 aliphatic carbocycles. The monoisotopic (exact) mass is 329 g/mol. The van der Waals surface area contributed by atoms with Crippen molar-refractivity contribution in [3.63, 3.8) is 0 Å². The lowest BCUT2D eigenvalue weighted by Gasteiger charge is -2.10. The number of methoxy groups -OCH3 is 2. The van der Waals surface area contributed by atoms with Gasteiger partial charge in [-0.25, -0.2) is 13.8 Å². The lowest BCUT2D eigenvalue weighted by Crippen LogP contribution is -1.96. The molecule has 0 bridgehead atoms. The molecule has 122 valence electrons. The van der Waals surface area contributed by atoms with E-state index in [-0.39, 0.29) is 11.3 Å². The quantitative estimate of drug-likeness (QED) is 0.679. The number of halogens is 2. The van der Waals surface area contributed by atoms with Crippen molar-refractivity contribution in [1.29, 1.82) is 0 Å². The van der Waals surface area contributed by atoms with Crippen LogP contribution in [-0.4, -0.2) is 25.5 Å². The van der Waals surface area contributed by atoms with Crippen LogP contribution in [0.15, 0.2) is 36.4 Å². The number of hydrogen-bond acceptors (Lipinski definition) is 4. The van der Waals surface area contributed by atoms with E-state index < -0.39 is 17.4 Å². The molecule has 1 heterocycles. The highest BCUT2D eigenvalue weighted by Crippen LogP contribution is 2.31. The molecular formula is C18H13F2NO3. The van der Waals surface area contributed by atoms with Crippen molar-refractivity contribution in [1.82, 2.24) is 4.98 Å². The second-order valence-electron chi connectivity index (χ2n) is 5.07. The van der Waals surface area contributed by atoms with Gasteiger partial charge in [0.2, 0.25) is 0 Å². The van der Waals surface area contributed by atoms with E-state index in [9.17, 15) is 13.6 Å². The van der Waals surface area contributed by atoms with Crippen molar-refractivity contribution in [2.24, 2.45) is 0 Å². The Labute approximate surface area is 136 Å². The van der Waals surface area contributed by atoms with Crippen LogP contribution in [-0.2, 0) is 0 Å². The number of rotatable bonds is 4. The first-order chi connectivity index (χ1) is 11.6. The maximum absolute atomic E-state index is 13.9. The van der Waals surface area contributed by atoms with Gasteiger partial charge in [-0.2, -0.15) is 0 Å². The van der Waals surface area contributed by atoms with Crippen LogP contribution in [0, 0.1) is 11.6 Å². The standard InChI is InChI=1S/C18H13F2NO3/c1-23-12-3-4-16-13(8-12)11(9-22)7-17(21-16)10-5-14(19)18(24-2)15(20)6-10/h3-9H,1-2H3. The second-order valence-corrected chi connectivity index (χ2v) is 5.07. The first-order valence-electron chi connectivity index (χ1n) is 7.04. The number of ether oxygens (including phenoxy) is 2. The van der Waals surface area contributed by atoms with Gasteiger partial charge in [0.1, 0.15) is 5.75 Å². The summed E-state index contributed by atoms with van der Waals surface area (Å²) >= 11 is 0. The first-order valence-corrected chi connectivity index (χ1v) is 7.04. The van der Waals surface area contributed by atoms with Crippen molar-refractivity contribution in [3.8, 4) is 22.8 Å². The van der Waals surface area contributed by atoms with E-state index in [1.54, 1.807) is 18.2 Å². The van der Waals surface area contributed by atoms with Crippen LogP contribution < -0.4 is 9.47 Å². The summed E-state index contributed by atoms with van der Waals surface area (Å²) in [6.45, 7) is 0. The number of pyridine rings is 1. The van der Waals surface area contributed by atoms with Crippen LogP contribution >= 0.6 is 0 Å². The molecule has 24 heavy (non-hydrogen) atoms. The molecule has 0 saturated carbocycles. The topological polar surface area (TPSA) is 48.4 Å². The largest absolute Gasteiger partial charge is 0.497 e. The molecule has 0 aliphatic heterocycles. The summed E-state index contributed by atoms with van der Waals surface area (Å²) in [4.78, 5) is 15.8. The molecule has 4 nitrogen and oxygen atoms in total. The number of carbonyl (C=O) groups is 1. The van der Waals surface area contributed by atoms with E-state index in [1.807, 2.05) is 0 Å². The van der Waals surface area contributed by atoms with Crippen molar-refractivity contribution in [3.05, 3.63) is 53.6 Å². The molecular weight excluding hydrogens is 316 g/mol. The summed E-state index contributed by atoms with van der Waals surface area (Å²) in [5.74, 6) is -1.55. The number of carbonyl (C=O) groups excluding carboxylic acids is 1. The van der Waals surface area contributed by atoms with Crippen LogP contribution in [0.1, 0.15) is 10.4 Å². The Kier molecular flexibility index (Phi) is 4.12. The molecule has 3 aromatic rings. The normalized spacial score (nSPS) is 10.7. The lowest BCUT2D eigenvalue weighted by atomic mass is 10.0. The van der Waals surface area contributed by atoms with Crippen LogP contribution in [0.25, 0.3) is 22.2 Å². The van der Waals surface area contributed by atoms with E-state index in [0.29, 0.717) is 28.5 Å². The third-order valence-corrected chi connectivity index (χ3v) is 3.67. The van der Waals surface area contributed by atoms with Crippen LogP contribution in [0.3, 0.4) is 0 Å². The van der Waals surface area contributed by atoms with Gasteiger partial charge in [0.05, 0.1) is 25.4 Å². The second kappa shape index (κ2) is 6.23. The number of aldehydes is 1. The number of nitrogens with zero attached hydrogens (tertiary/aromatic N) is 1. The Bertz CT molecular complexity index is 918. The minimum absolute atomic E-state index is 0.214. The third kappa shape index (κ3) is 2.67. The molecule has 0 unspecified atom stereocenters. The van der Waals surface area contributed by atoms with E-state index >= 15 is 0 Å².